The molecule has 1 saturated heterocycles. The van der Waals surface area contributed by atoms with E-state index in [1.54, 1.807) is 0 Å². The second kappa shape index (κ2) is 8.11. The van der Waals surface area contributed by atoms with E-state index in [0.29, 0.717) is 12.1 Å². The Hall–Kier alpha value is -3.98. The van der Waals surface area contributed by atoms with Crippen LogP contribution in [0.5, 0.6) is 34.5 Å². The van der Waals surface area contributed by atoms with Gasteiger partial charge in [-0.1, -0.05) is 0 Å². The summed E-state index contributed by atoms with van der Waals surface area (Å²) >= 11 is 0. The Labute approximate surface area is 188 Å². The molecule has 0 aromatic heterocycles. The van der Waals surface area contributed by atoms with Gasteiger partial charge in [0.15, 0.2) is 41.5 Å². The maximum absolute atomic E-state index is 13.0. The van der Waals surface area contributed by atoms with Crippen LogP contribution in [0.15, 0.2) is 12.1 Å². The third kappa shape index (κ3) is 3.36. The van der Waals surface area contributed by atoms with E-state index < -0.39 is 106 Å². The third-order valence-electron chi connectivity index (χ3n) is 5.50. The van der Waals surface area contributed by atoms with Crippen LogP contribution < -0.4 is 0 Å². The Kier molecular flexibility index (Phi) is 5.53. The summed E-state index contributed by atoms with van der Waals surface area (Å²) < 4.78 is 15.3. The molecule has 0 aliphatic carbocycles. The standard InChI is InChI=1S/C20H18O14/c21-3-8-13(26)16-17(20(31)32-8)34-19(30)5-2-7(23)12(25)15(28)10(5)9-4(18(29)33-16)1-6(22)11(24)14(9)27/h1-2,8,13,16-17,20-28,31H,3H2/t8-,13-,16-,17-,20-/m0/s1. The molecule has 0 unspecified atom stereocenters. The van der Waals surface area contributed by atoms with Gasteiger partial charge in [0.2, 0.25) is 11.5 Å². The molecule has 182 valence electrons. The van der Waals surface area contributed by atoms with Crippen molar-refractivity contribution in [3.05, 3.63) is 23.3 Å². The van der Waals surface area contributed by atoms with E-state index >= 15 is 0 Å². The van der Waals surface area contributed by atoms with Gasteiger partial charge in [0, 0.05) is 11.1 Å². The fourth-order valence-electron chi connectivity index (χ4n) is 3.81. The molecular weight excluding hydrogens is 464 g/mol. The first kappa shape index (κ1) is 23.2. The molecule has 0 bridgehead atoms. The van der Waals surface area contributed by atoms with Crippen molar-refractivity contribution in [3.63, 3.8) is 0 Å². The van der Waals surface area contributed by atoms with Gasteiger partial charge in [-0.2, -0.15) is 0 Å². The van der Waals surface area contributed by atoms with Gasteiger partial charge in [-0.3, -0.25) is 0 Å². The topological polar surface area (TPSA) is 244 Å². The largest absolute Gasteiger partial charge is 0.504 e. The van der Waals surface area contributed by atoms with Gasteiger partial charge in [0.1, 0.15) is 12.2 Å². The molecule has 2 aliphatic rings. The lowest BCUT2D eigenvalue weighted by atomic mass is 9.91. The van der Waals surface area contributed by atoms with E-state index in [1.165, 1.54) is 0 Å². The molecular formula is C20H18O14. The third-order valence-corrected chi connectivity index (χ3v) is 5.50. The fourth-order valence-corrected chi connectivity index (χ4v) is 3.81. The number of rotatable bonds is 1. The Balaban J connectivity index is 2.04. The van der Waals surface area contributed by atoms with Gasteiger partial charge in [-0.15, -0.1) is 0 Å². The Morgan fingerprint density at radius 1 is 0.706 bits per heavy atom. The molecule has 5 atom stereocenters. The molecule has 0 spiro atoms. The average Bonchev–Trinajstić information content (AvgIpc) is 2.79. The van der Waals surface area contributed by atoms with Crippen molar-refractivity contribution in [2.24, 2.45) is 0 Å². The summed E-state index contributed by atoms with van der Waals surface area (Å²) in [7, 11) is 0. The van der Waals surface area contributed by atoms with Crippen LogP contribution in [0.2, 0.25) is 0 Å². The van der Waals surface area contributed by atoms with Gasteiger partial charge in [-0.25, -0.2) is 9.59 Å². The predicted octanol–water partition coefficient (Wildman–Crippen LogP) is -1.28. The van der Waals surface area contributed by atoms with E-state index in [9.17, 15) is 55.5 Å². The van der Waals surface area contributed by atoms with Crippen LogP contribution in [-0.4, -0.2) is 95.2 Å². The molecule has 1 fully saturated rings. The van der Waals surface area contributed by atoms with Gasteiger partial charge in [0.05, 0.1) is 17.7 Å². The summed E-state index contributed by atoms with van der Waals surface area (Å²) in [5, 5.41) is 90.9. The lowest BCUT2D eigenvalue weighted by molar-refractivity contribution is -0.285. The highest BCUT2D eigenvalue weighted by atomic mass is 16.7. The number of carbonyl (C=O) groups excluding carboxylic acids is 2. The van der Waals surface area contributed by atoms with E-state index in [1.807, 2.05) is 0 Å². The monoisotopic (exact) mass is 482 g/mol. The fraction of sp³-hybridized carbons (Fsp3) is 0.300. The summed E-state index contributed by atoms with van der Waals surface area (Å²) in [6, 6.07) is 1.21. The van der Waals surface area contributed by atoms with E-state index in [-0.39, 0.29) is 0 Å². The van der Waals surface area contributed by atoms with Gasteiger partial charge >= 0.3 is 11.9 Å². The predicted molar refractivity (Wildman–Crippen MR) is 104 cm³/mol. The maximum atomic E-state index is 13.0. The van der Waals surface area contributed by atoms with Crippen molar-refractivity contribution in [2.75, 3.05) is 6.61 Å². The summed E-state index contributed by atoms with van der Waals surface area (Å²) in [5.41, 5.74) is -3.15. The highest BCUT2D eigenvalue weighted by Gasteiger charge is 2.50. The van der Waals surface area contributed by atoms with Crippen LogP contribution in [0.4, 0.5) is 0 Å². The summed E-state index contributed by atoms with van der Waals surface area (Å²) in [6.45, 7) is -0.831. The number of carbonyl (C=O) groups is 2. The van der Waals surface area contributed by atoms with Crippen molar-refractivity contribution in [3.8, 4) is 45.6 Å². The molecule has 0 saturated carbocycles. The molecule has 9 N–H and O–H groups in total. The molecule has 0 amide bonds. The lowest BCUT2D eigenvalue weighted by Gasteiger charge is -2.41. The molecule has 4 rings (SSSR count). The van der Waals surface area contributed by atoms with Crippen LogP contribution in [0, 0.1) is 0 Å². The van der Waals surface area contributed by atoms with Crippen molar-refractivity contribution < 1.29 is 69.8 Å². The first-order chi connectivity index (χ1) is 16.0. The van der Waals surface area contributed by atoms with Crippen molar-refractivity contribution in [1.82, 2.24) is 0 Å². The Morgan fingerprint density at radius 3 is 1.59 bits per heavy atom. The smallest absolute Gasteiger partial charge is 0.339 e. The number of hydrogen-bond acceptors (Lipinski definition) is 14. The zero-order chi connectivity index (χ0) is 25.1. The number of benzene rings is 2. The number of aromatic hydroxyl groups is 6. The number of aliphatic hydroxyl groups is 3. The maximum Gasteiger partial charge on any atom is 0.339 e. The summed E-state index contributed by atoms with van der Waals surface area (Å²) in [6.07, 6.45) is -9.06. The van der Waals surface area contributed by atoms with Crippen LogP contribution in [-0.2, 0) is 14.2 Å². The molecule has 0 radical (unpaired) electrons. The highest BCUT2D eigenvalue weighted by molar-refractivity contribution is 6.08. The molecule has 2 heterocycles. The van der Waals surface area contributed by atoms with Crippen LogP contribution >= 0.6 is 0 Å². The number of ether oxygens (including phenoxy) is 3. The minimum absolute atomic E-state index is 0.602. The highest BCUT2D eigenvalue weighted by Crippen LogP contribution is 2.53. The van der Waals surface area contributed by atoms with Gasteiger partial charge in [-0.05, 0) is 12.1 Å². The normalized spacial score (nSPS) is 26.5. The van der Waals surface area contributed by atoms with Crippen molar-refractivity contribution >= 4 is 11.9 Å². The first-order valence-electron chi connectivity index (χ1n) is 9.58. The Bertz CT molecular complexity index is 1190. The lowest BCUT2D eigenvalue weighted by Crippen LogP contribution is -2.61. The quantitative estimate of drug-likeness (QED) is 0.170. The van der Waals surface area contributed by atoms with Crippen molar-refractivity contribution in [1.29, 1.82) is 0 Å². The summed E-state index contributed by atoms with van der Waals surface area (Å²) in [5.74, 6) is -9.67. The Morgan fingerprint density at radius 2 is 1.15 bits per heavy atom. The van der Waals surface area contributed by atoms with Crippen LogP contribution in [0.3, 0.4) is 0 Å². The molecule has 34 heavy (non-hydrogen) atoms. The average molecular weight is 482 g/mol. The van der Waals surface area contributed by atoms with E-state index in [0.717, 1.165) is 0 Å². The minimum Gasteiger partial charge on any atom is -0.504 e. The number of esters is 2. The number of phenols is 6. The number of aliphatic hydroxyl groups excluding tert-OH is 3. The van der Waals surface area contributed by atoms with Gasteiger partial charge < -0.3 is 60.2 Å². The van der Waals surface area contributed by atoms with Crippen molar-refractivity contribution in [2.45, 2.75) is 30.7 Å². The molecule has 2 aromatic carbocycles. The van der Waals surface area contributed by atoms with Crippen LogP contribution in [0.25, 0.3) is 11.1 Å². The summed E-state index contributed by atoms with van der Waals surface area (Å²) in [4.78, 5) is 26.0. The second-order valence-electron chi connectivity index (χ2n) is 7.51. The zero-order valence-electron chi connectivity index (χ0n) is 16.8. The number of hydrogen-bond donors (Lipinski definition) is 9. The number of phenolic OH excluding ortho intramolecular Hbond substituents is 6. The molecule has 2 aromatic rings. The minimum atomic E-state index is -2.02. The molecule has 2 aliphatic heterocycles. The SMILES string of the molecule is O=C1O[C@H]2[C@@H](O)[C@H](CO)O[C@H](O)[C@H]2OC(=O)c2cc(O)c(O)c(O)c2-c2c1cc(O)c(O)c2O. The molecule has 14 nitrogen and oxygen atoms in total. The number of fused-ring (bicyclic) bond motifs is 4. The van der Waals surface area contributed by atoms with E-state index in [4.69, 9.17) is 14.2 Å². The first-order valence-corrected chi connectivity index (χ1v) is 9.58. The van der Waals surface area contributed by atoms with Gasteiger partial charge in [0.25, 0.3) is 0 Å². The zero-order valence-corrected chi connectivity index (χ0v) is 16.8. The van der Waals surface area contributed by atoms with Crippen LogP contribution in [0.1, 0.15) is 20.7 Å². The van der Waals surface area contributed by atoms with E-state index in [2.05, 4.69) is 0 Å². The molecule has 14 heteroatoms. The second-order valence-corrected chi connectivity index (χ2v) is 7.51.